The number of hydrogen-bond donors (Lipinski definition) is 1. The molecule has 1 N–H and O–H groups in total. The number of benzene rings is 1. The molecule has 4 nitrogen and oxygen atoms in total. The van der Waals surface area contributed by atoms with Crippen LogP contribution < -0.4 is 0 Å². The van der Waals surface area contributed by atoms with E-state index >= 15 is 0 Å². The third kappa shape index (κ3) is 2.24. The van der Waals surface area contributed by atoms with Gasteiger partial charge in [-0.05, 0) is 37.6 Å². The Morgan fingerprint density at radius 1 is 1.21 bits per heavy atom. The Morgan fingerprint density at radius 2 is 2.05 bits per heavy atom. The molecule has 3 rings (SSSR count). The second-order valence-corrected chi connectivity index (χ2v) is 5.58. The Hall–Kier alpha value is -2.14. The first kappa shape index (κ1) is 11.9. The van der Waals surface area contributed by atoms with Gasteiger partial charge in [0, 0.05) is 10.4 Å². The quantitative estimate of drug-likeness (QED) is 0.771. The first-order chi connectivity index (χ1) is 9.13. The zero-order valence-electron chi connectivity index (χ0n) is 10.5. The summed E-state index contributed by atoms with van der Waals surface area (Å²) in [6.07, 6.45) is 0. The maximum atomic E-state index is 9.45. The number of rotatable bonds is 2. The van der Waals surface area contributed by atoms with Crippen LogP contribution in [-0.2, 0) is 0 Å². The van der Waals surface area contributed by atoms with Crippen LogP contribution in [0.25, 0.3) is 22.2 Å². The molecule has 0 bridgehead atoms. The van der Waals surface area contributed by atoms with E-state index in [4.69, 9.17) is 4.52 Å². The molecular weight excluding hydrogens is 260 g/mol. The summed E-state index contributed by atoms with van der Waals surface area (Å²) in [4.78, 5) is 6.58. The van der Waals surface area contributed by atoms with Gasteiger partial charge in [-0.1, -0.05) is 17.3 Å². The predicted octanol–water partition coefficient (Wildman–Crippen LogP) is 3.79. The fourth-order valence-corrected chi connectivity index (χ4v) is 2.72. The van der Waals surface area contributed by atoms with Gasteiger partial charge in [-0.15, -0.1) is 11.3 Å². The Morgan fingerprint density at radius 3 is 2.74 bits per heavy atom. The lowest BCUT2D eigenvalue weighted by Crippen LogP contribution is -1.79. The number of aromatic hydroxyl groups is 1. The molecule has 0 saturated heterocycles. The highest BCUT2D eigenvalue weighted by Gasteiger charge is 2.13. The van der Waals surface area contributed by atoms with E-state index < -0.39 is 0 Å². The molecular formula is C14H12N2O2S. The fourth-order valence-electron chi connectivity index (χ4n) is 1.76. The molecule has 3 aromatic rings. The van der Waals surface area contributed by atoms with Gasteiger partial charge in [-0.25, -0.2) is 0 Å². The molecule has 0 aliphatic carbocycles. The van der Waals surface area contributed by atoms with Crippen LogP contribution in [0.3, 0.4) is 0 Å². The van der Waals surface area contributed by atoms with Crippen LogP contribution in [-0.4, -0.2) is 15.2 Å². The second-order valence-electron chi connectivity index (χ2n) is 4.32. The average molecular weight is 272 g/mol. The molecule has 0 amide bonds. The van der Waals surface area contributed by atoms with Crippen molar-refractivity contribution < 1.29 is 9.63 Å². The third-order valence-corrected chi connectivity index (χ3v) is 4.05. The zero-order chi connectivity index (χ0) is 13.4. The Labute approximate surface area is 114 Å². The summed E-state index contributed by atoms with van der Waals surface area (Å²) < 4.78 is 5.28. The van der Waals surface area contributed by atoms with Crippen LogP contribution in [0.1, 0.15) is 10.4 Å². The van der Waals surface area contributed by atoms with E-state index in [1.165, 1.54) is 10.4 Å². The smallest absolute Gasteiger partial charge is 0.268 e. The highest BCUT2D eigenvalue weighted by atomic mass is 32.1. The van der Waals surface area contributed by atoms with Crippen molar-refractivity contribution in [2.75, 3.05) is 0 Å². The van der Waals surface area contributed by atoms with Crippen LogP contribution in [0.15, 0.2) is 34.9 Å². The minimum atomic E-state index is 0.187. The minimum absolute atomic E-state index is 0.187. The van der Waals surface area contributed by atoms with Gasteiger partial charge in [0.15, 0.2) is 0 Å². The summed E-state index contributed by atoms with van der Waals surface area (Å²) in [7, 11) is 0. The van der Waals surface area contributed by atoms with Gasteiger partial charge in [-0.2, -0.15) is 4.98 Å². The van der Waals surface area contributed by atoms with E-state index in [-0.39, 0.29) is 5.75 Å². The topological polar surface area (TPSA) is 59.2 Å². The molecule has 0 radical (unpaired) electrons. The van der Waals surface area contributed by atoms with E-state index in [9.17, 15) is 5.11 Å². The number of phenols is 1. The van der Waals surface area contributed by atoms with Crippen molar-refractivity contribution in [2.24, 2.45) is 0 Å². The standard InChI is InChI=1S/C14H12N2O2S/c1-8-6-12(19-9(8)2)14-15-13(16-18-14)10-4-3-5-11(17)7-10/h3-7,17H,1-2H3. The van der Waals surface area contributed by atoms with Gasteiger partial charge >= 0.3 is 0 Å². The monoisotopic (exact) mass is 272 g/mol. The van der Waals surface area contributed by atoms with Gasteiger partial charge in [0.1, 0.15) is 5.75 Å². The lowest BCUT2D eigenvalue weighted by atomic mass is 10.2. The summed E-state index contributed by atoms with van der Waals surface area (Å²) in [6.45, 7) is 4.12. The largest absolute Gasteiger partial charge is 0.508 e. The van der Waals surface area contributed by atoms with Crippen molar-refractivity contribution in [3.8, 4) is 27.9 Å². The minimum Gasteiger partial charge on any atom is -0.508 e. The lowest BCUT2D eigenvalue weighted by Gasteiger charge is -1.94. The summed E-state index contributed by atoms with van der Waals surface area (Å²) in [6, 6.07) is 8.84. The van der Waals surface area contributed by atoms with Crippen LogP contribution in [0.4, 0.5) is 0 Å². The van der Waals surface area contributed by atoms with E-state index in [0.29, 0.717) is 11.7 Å². The molecule has 0 aliphatic rings. The normalized spacial score (nSPS) is 10.8. The van der Waals surface area contributed by atoms with Crippen molar-refractivity contribution in [1.82, 2.24) is 10.1 Å². The lowest BCUT2D eigenvalue weighted by molar-refractivity contribution is 0.433. The number of hydrogen-bond acceptors (Lipinski definition) is 5. The number of thiophene rings is 1. The van der Waals surface area contributed by atoms with Crippen molar-refractivity contribution in [3.05, 3.63) is 40.8 Å². The van der Waals surface area contributed by atoms with Crippen LogP contribution in [0, 0.1) is 13.8 Å². The third-order valence-electron chi connectivity index (χ3n) is 2.91. The van der Waals surface area contributed by atoms with Gasteiger partial charge in [0.25, 0.3) is 5.89 Å². The highest BCUT2D eigenvalue weighted by molar-refractivity contribution is 7.15. The molecule has 19 heavy (non-hydrogen) atoms. The molecule has 0 unspecified atom stereocenters. The molecule has 0 atom stereocenters. The molecule has 2 heterocycles. The van der Waals surface area contributed by atoms with Gasteiger partial charge < -0.3 is 9.63 Å². The van der Waals surface area contributed by atoms with Gasteiger partial charge in [-0.3, -0.25) is 0 Å². The number of aryl methyl sites for hydroxylation is 2. The van der Waals surface area contributed by atoms with E-state index in [0.717, 1.165) is 10.4 Å². The van der Waals surface area contributed by atoms with Gasteiger partial charge in [0.2, 0.25) is 5.82 Å². The maximum absolute atomic E-state index is 9.45. The zero-order valence-corrected chi connectivity index (χ0v) is 11.4. The molecule has 5 heteroatoms. The number of phenolic OH excluding ortho intramolecular Hbond substituents is 1. The number of aromatic nitrogens is 2. The molecule has 1 aromatic carbocycles. The van der Waals surface area contributed by atoms with Crippen LogP contribution in [0.5, 0.6) is 5.75 Å². The first-order valence-corrected chi connectivity index (χ1v) is 6.65. The van der Waals surface area contributed by atoms with E-state index in [1.807, 2.05) is 12.1 Å². The molecule has 0 fully saturated rings. The SMILES string of the molecule is Cc1cc(-c2nc(-c3cccc(O)c3)no2)sc1C. The van der Waals surface area contributed by atoms with E-state index in [1.54, 1.807) is 29.5 Å². The van der Waals surface area contributed by atoms with Crippen LogP contribution in [0.2, 0.25) is 0 Å². The summed E-state index contributed by atoms with van der Waals surface area (Å²) >= 11 is 1.63. The average Bonchev–Trinajstić information content (AvgIpc) is 2.97. The van der Waals surface area contributed by atoms with Gasteiger partial charge in [0.05, 0.1) is 4.88 Å². The van der Waals surface area contributed by atoms with Crippen LogP contribution >= 0.6 is 11.3 Å². The van der Waals surface area contributed by atoms with Crippen molar-refractivity contribution >= 4 is 11.3 Å². The van der Waals surface area contributed by atoms with Crippen molar-refractivity contribution in [2.45, 2.75) is 13.8 Å². The Bertz CT molecular complexity index is 711. The molecule has 0 aliphatic heterocycles. The van der Waals surface area contributed by atoms with Crippen molar-refractivity contribution in [3.63, 3.8) is 0 Å². The fraction of sp³-hybridized carbons (Fsp3) is 0.143. The molecule has 0 saturated carbocycles. The predicted molar refractivity (Wildman–Crippen MR) is 74.2 cm³/mol. The molecule has 2 aromatic heterocycles. The Kier molecular flexibility index (Phi) is 2.83. The molecule has 0 spiro atoms. The maximum Gasteiger partial charge on any atom is 0.268 e. The first-order valence-electron chi connectivity index (χ1n) is 5.84. The highest BCUT2D eigenvalue weighted by Crippen LogP contribution is 2.31. The summed E-state index contributed by atoms with van der Waals surface area (Å²) in [5.74, 6) is 1.18. The summed E-state index contributed by atoms with van der Waals surface area (Å²) in [5.41, 5.74) is 1.96. The second kappa shape index (κ2) is 4.51. The van der Waals surface area contributed by atoms with Crippen molar-refractivity contribution in [1.29, 1.82) is 0 Å². The molecule has 96 valence electrons. The van der Waals surface area contributed by atoms with E-state index in [2.05, 4.69) is 24.0 Å². The Balaban J connectivity index is 1.99. The summed E-state index contributed by atoms with van der Waals surface area (Å²) in [5, 5.41) is 13.4. The number of nitrogens with zero attached hydrogens (tertiary/aromatic N) is 2.